The zero-order chi connectivity index (χ0) is 18.0. The van der Waals surface area contributed by atoms with Gasteiger partial charge in [0.05, 0.1) is 15.7 Å². The molecule has 2 aromatic carbocycles. The molecule has 0 aromatic heterocycles. The van der Waals surface area contributed by atoms with Gasteiger partial charge in [-0.3, -0.25) is 9.59 Å². The van der Waals surface area contributed by atoms with Crippen molar-refractivity contribution >= 4 is 52.5 Å². The zero-order valence-corrected chi connectivity index (χ0v) is 14.7. The molecular formula is C18H14Cl2N2O3. The van der Waals surface area contributed by atoms with Gasteiger partial charge < -0.3 is 15.4 Å². The van der Waals surface area contributed by atoms with Crippen LogP contribution in [0.3, 0.4) is 0 Å². The number of benzene rings is 2. The largest absolute Gasteiger partial charge is 0.479 e. The first-order valence-electron chi connectivity index (χ1n) is 7.48. The summed E-state index contributed by atoms with van der Waals surface area (Å²) in [6, 6.07) is 10.1. The maximum absolute atomic E-state index is 12.0. The van der Waals surface area contributed by atoms with Crippen molar-refractivity contribution in [2.45, 2.75) is 13.0 Å². The standard InChI is InChI=1S/C18H14Cl2N2O3/c1-10-18(24)22-15-9-12(4-6-16(15)25-10)21-17(23)7-3-11-2-5-13(19)14(20)8-11/h2-10H,1H3,(H,21,23)(H,22,24)/b7-3+/t10-/m1/s1. The van der Waals surface area contributed by atoms with Crippen molar-refractivity contribution in [3.05, 3.63) is 58.1 Å². The molecule has 1 atom stereocenters. The molecule has 25 heavy (non-hydrogen) atoms. The molecule has 2 amide bonds. The Kier molecular flexibility index (Phi) is 4.97. The van der Waals surface area contributed by atoms with Crippen LogP contribution in [0.4, 0.5) is 11.4 Å². The van der Waals surface area contributed by atoms with Gasteiger partial charge in [-0.15, -0.1) is 0 Å². The minimum absolute atomic E-state index is 0.226. The number of carbonyl (C=O) groups is 2. The van der Waals surface area contributed by atoms with Crippen LogP contribution in [0.25, 0.3) is 6.08 Å². The fourth-order valence-electron chi connectivity index (χ4n) is 2.26. The number of hydrogen-bond acceptors (Lipinski definition) is 3. The fourth-order valence-corrected chi connectivity index (χ4v) is 2.56. The molecule has 0 unspecified atom stereocenters. The summed E-state index contributed by atoms with van der Waals surface area (Å²) in [5, 5.41) is 6.33. The maximum atomic E-state index is 12.0. The first-order valence-corrected chi connectivity index (χ1v) is 8.23. The lowest BCUT2D eigenvalue weighted by Crippen LogP contribution is -2.34. The highest BCUT2D eigenvalue weighted by Crippen LogP contribution is 2.32. The van der Waals surface area contributed by atoms with Crippen LogP contribution in [0, 0.1) is 0 Å². The Bertz CT molecular complexity index is 881. The summed E-state index contributed by atoms with van der Waals surface area (Å²) < 4.78 is 5.47. The summed E-state index contributed by atoms with van der Waals surface area (Å²) in [5.74, 6) is 0.0226. The summed E-state index contributed by atoms with van der Waals surface area (Å²) in [4.78, 5) is 23.7. The third kappa shape index (κ3) is 4.13. The monoisotopic (exact) mass is 376 g/mol. The SMILES string of the molecule is C[C@H]1Oc2ccc(NC(=O)/C=C/c3ccc(Cl)c(Cl)c3)cc2NC1=O. The van der Waals surface area contributed by atoms with E-state index >= 15 is 0 Å². The summed E-state index contributed by atoms with van der Waals surface area (Å²) in [5.41, 5.74) is 1.82. The quantitative estimate of drug-likeness (QED) is 0.781. The van der Waals surface area contributed by atoms with E-state index in [0.29, 0.717) is 27.2 Å². The average Bonchev–Trinajstić information content (AvgIpc) is 2.57. The highest BCUT2D eigenvalue weighted by molar-refractivity contribution is 6.42. The van der Waals surface area contributed by atoms with Gasteiger partial charge in [0.15, 0.2) is 6.10 Å². The van der Waals surface area contributed by atoms with Gasteiger partial charge in [-0.1, -0.05) is 29.3 Å². The molecule has 0 saturated carbocycles. The van der Waals surface area contributed by atoms with Crippen molar-refractivity contribution in [2.24, 2.45) is 0 Å². The maximum Gasteiger partial charge on any atom is 0.265 e. The molecule has 2 N–H and O–H groups in total. The molecule has 1 heterocycles. The Hall–Kier alpha value is -2.50. The predicted molar refractivity (Wildman–Crippen MR) is 99.3 cm³/mol. The molecule has 1 aliphatic rings. The Balaban J connectivity index is 1.69. The van der Waals surface area contributed by atoms with E-state index in [4.69, 9.17) is 27.9 Å². The second kappa shape index (κ2) is 7.17. The van der Waals surface area contributed by atoms with Gasteiger partial charge in [-0.25, -0.2) is 0 Å². The molecule has 5 nitrogen and oxygen atoms in total. The Morgan fingerprint density at radius 2 is 2.00 bits per heavy atom. The lowest BCUT2D eigenvalue weighted by atomic mass is 10.2. The number of nitrogens with one attached hydrogen (secondary N) is 2. The van der Waals surface area contributed by atoms with E-state index < -0.39 is 6.10 Å². The zero-order valence-electron chi connectivity index (χ0n) is 13.2. The second-order valence-corrected chi connectivity index (χ2v) is 6.27. The number of ether oxygens (including phenoxy) is 1. The lowest BCUT2D eigenvalue weighted by molar-refractivity contribution is -0.122. The number of carbonyl (C=O) groups excluding carboxylic acids is 2. The minimum atomic E-state index is -0.540. The second-order valence-electron chi connectivity index (χ2n) is 5.46. The molecule has 0 bridgehead atoms. The topological polar surface area (TPSA) is 67.4 Å². The number of fused-ring (bicyclic) bond motifs is 1. The van der Waals surface area contributed by atoms with E-state index in [-0.39, 0.29) is 11.8 Å². The smallest absolute Gasteiger partial charge is 0.265 e. The number of rotatable bonds is 3. The van der Waals surface area contributed by atoms with E-state index in [1.165, 1.54) is 6.08 Å². The van der Waals surface area contributed by atoms with Crippen molar-refractivity contribution in [2.75, 3.05) is 10.6 Å². The van der Waals surface area contributed by atoms with Crippen LogP contribution in [0.15, 0.2) is 42.5 Å². The molecule has 2 aromatic rings. The number of hydrogen-bond donors (Lipinski definition) is 2. The fraction of sp³-hybridized carbons (Fsp3) is 0.111. The predicted octanol–water partition coefficient (Wildman–Crippen LogP) is 4.36. The van der Waals surface area contributed by atoms with Crippen LogP contribution in [0.2, 0.25) is 10.0 Å². The van der Waals surface area contributed by atoms with Gasteiger partial charge in [0.25, 0.3) is 5.91 Å². The molecule has 0 radical (unpaired) electrons. The Morgan fingerprint density at radius 3 is 2.76 bits per heavy atom. The van der Waals surface area contributed by atoms with Crippen molar-refractivity contribution in [3.8, 4) is 5.75 Å². The van der Waals surface area contributed by atoms with E-state index in [0.717, 1.165) is 5.56 Å². The van der Waals surface area contributed by atoms with Crippen LogP contribution in [0.5, 0.6) is 5.75 Å². The van der Waals surface area contributed by atoms with Gasteiger partial charge >= 0.3 is 0 Å². The van der Waals surface area contributed by atoms with E-state index in [1.807, 2.05) is 0 Å². The normalized spacial score (nSPS) is 16.1. The van der Waals surface area contributed by atoms with Gasteiger partial charge in [-0.2, -0.15) is 0 Å². The third-order valence-corrected chi connectivity index (χ3v) is 4.29. The lowest BCUT2D eigenvalue weighted by Gasteiger charge is -2.23. The molecule has 7 heteroatoms. The van der Waals surface area contributed by atoms with Crippen LogP contribution < -0.4 is 15.4 Å². The molecule has 0 fully saturated rings. The van der Waals surface area contributed by atoms with E-state index in [1.54, 1.807) is 49.4 Å². The number of halogens is 2. The number of anilines is 2. The average molecular weight is 377 g/mol. The Morgan fingerprint density at radius 1 is 1.20 bits per heavy atom. The minimum Gasteiger partial charge on any atom is -0.479 e. The first-order chi connectivity index (χ1) is 11.9. The van der Waals surface area contributed by atoms with Gasteiger partial charge in [0.2, 0.25) is 5.91 Å². The molecule has 0 saturated heterocycles. The molecule has 0 aliphatic carbocycles. The van der Waals surface area contributed by atoms with Crippen molar-refractivity contribution < 1.29 is 14.3 Å². The molecule has 128 valence electrons. The summed E-state index contributed by atoms with van der Waals surface area (Å²) >= 11 is 11.8. The molecule has 3 rings (SSSR count). The van der Waals surface area contributed by atoms with Crippen LogP contribution >= 0.6 is 23.2 Å². The Labute approximate surface area is 154 Å². The van der Waals surface area contributed by atoms with Crippen LogP contribution in [-0.4, -0.2) is 17.9 Å². The summed E-state index contributed by atoms with van der Waals surface area (Å²) in [7, 11) is 0. The molecule has 1 aliphatic heterocycles. The van der Waals surface area contributed by atoms with Gasteiger partial charge in [0, 0.05) is 11.8 Å². The first kappa shape index (κ1) is 17.3. The van der Waals surface area contributed by atoms with Crippen molar-refractivity contribution in [1.82, 2.24) is 0 Å². The summed E-state index contributed by atoms with van der Waals surface area (Å²) in [6.45, 7) is 1.67. The third-order valence-electron chi connectivity index (χ3n) is 3.55. The van der Waals surface area contributed by atoms with Crippen molar-refractivity contribution in [3.63, 3.8) is 0 Å². The van der Waals surface area contributed by atoms with Gasteiger partial charge in [0.1, 0.15) is 5.75 Å². The summed E-state index contributed by atoms with van der Waals surface area (Å²) in [6.07, 6.45) is 2.47. The van der Waals surface area contributed by atoms with Crippen LogP contribution in [-0.2, 0) is 9.59 Å². The highest BCUT2D eigenvalue weighted by atomic mass is 35.5. The molecule has 0 spiro atoms. The number of amides is 2. The van der Waals surface area contributed by atoms with Crippen LogP contribution in [0.1, 0.15) is 12.5 Å². The van der Waals surface area contributed by atoms with Gasteiger partial charge in [-0.05, 0) is 48.9 Å². The van der Waals surface area contributed by atoms with E-state index in [9.17, 15) is 9.59 Å². The highest BCUT2D eigenvalue weighted by Gasteiger charge is 2.23. The molecular weight excluding hydrogens is 363 g/mol. The van der Waals surface area contributed by atoms with Crippen molar-refractivity contribution in [1.29, 1.82) is 0 Å². The van der Waals surface area contributed by atoms with E-state index in [2.05, 4.69) is 10.6 Å².